The first-order valence-corrected chi connectivity index (χ1v) is 5.25. The number of nitrogens with two attached hydrogens (primary N) is 1. The minimum absolute atomic E-state index is 0. The Hall–Kier alpha value is -0.290. The summed E-state index contributed by atoms with van der Waals surface area (Å²) in [5.74, 6) is 0.729. The summed E-state index contributed by atoms with van der Waals surface area (Å²) < 4.78 is 0. The van der Waals surface area contributed by atoms with Gasteiger partial charge in [0.25, 0.3) is 0 Å². The van der Waals surface area contributed by atoms with Crippen LogP contribution in [0.2, 0.25) is 5.28 Å². The van der Waals surface area contributed by atoms with Crippen LogP contribution in [-0.4, -0.2) is 16.5 Å². The quantitative estimate of drug-likeness (QED) is 0.843. The number of nitrogens with zero attached hydrogens (tertiary/aromatic N) is 2. The van der Waals surface area contributed by atoms with Gasteiger partial charge >= 0.3 is 0 Å². The van der Waals surface area contributed by atoms with E-state index in [0.717, 1.165) is 17.9 Å². The van der Waals surface area contributed by atoms with Gasteiger partial charge in [-0.3, -0.25) is 0 Å². The highest BCUT2D eigenvalue weighted by Gasteiger charge is 2.12. The second-order valence-electron chi connectivity index (χ2n) is 4.63. The van der Waals surface area contributed by atoms with Crippen LogP contribution in [0.3, 0.4) is 0 Å². The second-order valence-corrected chi connectivity index (χ2v) is 4.97. The molecule has 0 fully saturated rings. The number of nitrogens with one attached hydrogen (secondary N) is 1. The first-order chi connectivity index (χ1) is 6.92. The van der Waals surface area contributed by atoms with Gasteiger partial charge in [0.1, 0.15) is 5.82 Å². The molecule has 0 aliphatic carbocycles. The van der Waals surface area contributed by atoms with E-state index < -0.39 is 0 Å². The molecule has 0 saturated heterocycles. The molecule has 1 heterocycles. The van der Waals surface area contributed by atoms with E-state index in [-0.39, 0.29) is 35.5 Å². The number of hydrogen-bond acceptors (Lipinski definition) is 4. The van der Waals surface area contributed by atoms with E-state index in [1.165, 1.54) is 0 Å². The smallest absolute Gasteiger partial charge is 0.224 e. The summed E-state index contributed by atoms with van der Waals surface area (Å²) in [6.07, 6.45) is 1.65. The Morgan fingerprint density at radius 2 is 1.94 bits per heavy atom. The lowest BCUT2D eigenvalue weighted by Crippen LogP contribution is -2.21. The third kappa shape index (κ3) is 6.88. The van der Waals surface area contributed by atoms with Gasteiger partial charge in [-0.1, -0.05) is 20.8 Å². The summed E-state index contributed by atoms with van der Waals surface area (Å²) in [4.78, 5) is 8.00. The highest BCUT2D eigenvalue weighted by molar-refractivity contribution is 6.28. The van der Waals surface area contributed by atoms with Crippen LogP contribution >= 0.6 is 36.4 Å². The maximum atomic E-state index is 5.72. The fourth-order valence-corrected chi connectivity index (χ4v) is 1.17. The van der Waals surface area contributed by atoms with E-state index in [1.54, 1.807) is 6.20 Å². The van der Waals surface area contributed by atoms with Crippen LogP contribution in [0, 0.1) is 5.41 Å². The lowest BCUT2D eigenvalue weighted by atomic mass is 9.97. The number of aromatic nitrogens is 2. The van der Waals surface area contributed by atoms with Crippen LogP contribution in [0.5, 0.6) is 0 Å². The Morgan fingerprint density at radius 3 is 2.41 bits per heavy atom. The largest absolute Gasteiger partial charge is 0.369 e. The molecule has 0 aromatic carbocycles. The van der Waals surface area contributed by atoms with Crippen molar-refractivity contribution in [3.05, 3.63) is 17.0 Å². The molecule has 0 aliphatic heterocycles. The van der Waals surface area contributed by atoms with Crippen molar-refractivity contribution in [2.75, 3.05) is 11.9 Å². The molecular weight excluding hydrogens is 282 g/mol. The summed E-state index contributed by atoms with van der Waals surface area (Å²) in [7, 11) is 0. The zero-order chi connectivity index (χ0) is 11.5. The lowest BCUT2D eigenvalue weighted by Gasteiger charge is -2.20. The molecule has 0 atom stereocenters. The highest BCUT2D eigenvalue weighted by Crippen LogP contribution is 2.17. The SMILES string of the molecule is CC(C)(C)CNc1nc(Cl)ncc1CN.Cl.Cl. The van der Waals surface area contributed by atoms with E-state index in [9.17, 15) is 0 Å². The number of rotatable bonds is 3. The number of halogens is 3. The lowest BCUT2D eigenvalue weighted by molar-refractivity contribution is 0.442. The normalized spacial score (nSPS) is 10.2. The zero-order valence-corrected chi connectivity index (χ0v) is 12.5. The van der Waals surface area contributed by atoms with Crippen molar-refractivity contribution in [3.63, 3.8) is 0 Å². The van der Waals surface area contributed by atoms with Crippen LogP contribution in [0.15, 0.2) is 6.20 Å². The summed E-state index contributed by atoms with van der Waals surface area (Å²) in [6.45, 7) is 7.65. The second kappa shape index (κ2) is 7.93. The van der Waals surface area contributed by atoms with Gasteiger partial charge in [0.15, 0.2) is 0 Å². The molecule has 1 aromatic rings. The summed E-state index contributed by atoms with van der Waals surface area (Å²) in [5.41, 5.74) is 6.64. The van der Waals surface area contributed by atoms with Crippen LogP contribution in [-0.2, 0) is 6.54 Å². The van der Waals surface area contributed by atoms with Crippen molar-refractivity contribution in [2.45, 2.75) is 27.3 Å². The number of hydrogen-bond donors (Lipinski definition) is 2. The molecule has 0 amide bonds. The average Bonchev–Trinajstić information content (AvgIpc) is 2.14. The Balaban J connectivity index is 0. The van der Waals surface area contributed by atoms with Gasteiger partial charge in [-0.25, -0.2) is 9.97 Å². The van der Waals surface area contributed by atoms with E-state index in [2.05, 4.69) is 36.1 Å². The minimum Gasteiger partial charge on any atom is -0.369 e. The standard InChI is InChI=1S/C10H17ClN4.2ClH/c1-10(2,3)6-14-8-7(4-12)5-13-9(11)15-8;;/h5H,4,6,12H2,1-3H3,(H,13,14,15);2*1H. The Morgan fingerprint density at radius 1 is 1.35 bits per heavy atom. The molecular formula is C10H19Cl3N4. The molecule has 3 N–H and O–H groups in total. The minimum atomic E-state index is 0. The van der Waals surface area contributed by atoms with Gasteiger partial charge in [-0.15, -0.1) is 24.8 Å². The molecule has 1 aromatic heterocycles. The van der Waals surface area contributed by atoms with Crippen molar-refractivity contribution in [2.24, 2.45) is 11.1 Å². The molecule has 0 bridgehead atoms. The third-order valence-corrected chi connectivity index (χ3v) is 2.02. The third-order valence-electron chi connectivity index (χ3n) is 1.84. The molecule has 0 saturated carbocycles. The monoisotopic (exact) mass is 300 g/mol. The summed E-state index contributed by atoms with van der Waals surface area (Å²) in [6, 6.07) is 0. The molecule has 0 radical (unpaired) electrons. The molecule has 4 nitrogen and oxygen atoms in total. The van der Waals surface area contributed by atoms with E-state index in [1.807, 2.05) is 0 Å². The van der Waals surface area contributed by atoms with Crippen molar-refractivity contribution in [1.29, 1.82) is 0 Å². The maximum Gasteiger partial charge on any atom is 0.224 e. The van der Waals surface area contributed by atoms with Gasteiger partial charge in [0, 0.05) is 24.8 Å². The molecule has 0 unspecified atom stereocenters. The van der Waals surface area contributed by atoms with Gasteiger partial charge < -0.3 is 11.1 Å². The van der Waals surface area contributed by atoms with Gasteiger partial charge in [-0.05, 0) is 17.0 Å². The summed E-state index contributed by atoms with van der Waals surface area (Å²) in [5, 5.41) is 3.47. The van der Waals surface area contributed by atoms with Crippen LogP contribution < -0.4 is 11.1 Å². The van der Waals surface area contributed by atoms with Crippen LogP contribution in [0.4, 0.5) is 5.82 Å². The highest BCUT2D eigenvalue weighted by atomic mass is 35.5. The molecule has 17 heavy (non-hydrogen) atoms. The maximum absolute atomic E-state index is 5.72. The zero-order valence-electron chi connectivity index (χ0n) is 10.2. The predicted molar refractivity (Wildman–Crippen MR) is 77.4 cm³/mol. The Kier molecular flexibility index (Phi) is 8.89. The van der Waals surface area contributed by atoms with E-state index in [0.29, 0.717) is 6.54 Å². The van der Waals surface area contributed by atoms with Crippen LogP contribution in [0.25, 0.3) is 0 Å². The van der Waals surface area contributed by atoms with Crippen molar-refractivity contribution >= 4 is 42.2 Å². The van der Waals surface area contributed by atoms with Gasteiger partial charge in [0.05, 0.1) is 0 Å². The van der Waals surface area contributed by atoms with Gasteiger partial charge in [-0.2, -0.15) is 0 Å². The van der Waals surface area contributed by atoms with Crippen molar-refractivity contribution in [1.82, 2.24) is 9.97 Å². The molecule has 0 spiro atoms. The van der Waals surface area contributed by atoms with E-state index in [4.69, 9.17) is 17.3 Å². The predicted octanol–water partition coefficient (Wildman–Crippen LogP) is 2.89. The molecule has 7 heteroatoms. The van der Waals surface area contributed by atoms with Gasteiger partial charge in [0.2, 0.25) is 5.28 Å². The average molecular weight is 302 g/mol. The van der Waals surface area contributed by atoms with Crippen LogP contribution in [0.1, 0.15) is 26.3 Å². The topological polar surface area (TPSA) is 63.8 Å². The fraction of sp³-hybridized carbons (Fsp3) is 0.600. The van der Waals surface area contributed by atoms with E-state index >= 15 is 0 Å². The summed E-state index contributed by atoms with van der Waals surface area (Å²) >= 11 is 5.72. The first-order valence-electron chi connectivity index (χ1n) is 4.88. The first kappa shape index (κ1) is 19.1. The molecule has 1 rings (SSSR count). The molecule has 0 aliphatic rings. The van der Waals surface area contributed by atoms with Crippen molar-refractivity contribution < 1.29 is 0 Å². The Labute approximate surface area is 120 Å². The Bertz CT molecular complexity index is 339. The fourth-order valence-electron chi connectivity index (χ4n) is 1.04. The van der Waals surface area contributed by atoms with Crippen molar-refractivity contribution in [3.8, 4) is 0 Å². The number of anilines is 1. The molecule has 100 valence electrons.